The van der Waals surface area contributed by atoms with Crippen LogP contribution in [-0.2, 0) is 5.41 Å². The van der Waals surface area contributed by atoms with Gasteiger partial charge in [0.25, 0.3) is 0 Å². The van der Waals surface area contributed by atoms with Gasteiger partial charge in [0.05, 0.1) is 22.3 Å². The molecule has 3 nitrogen and oxygen atoms in total. The van der Waals surface area contributed by atoms with Gasteiger partial charge in [-0.2, -0.15) is 0 Å². The van der Waals surface area contributed by atoms with Crippen LogP contribution in [0.1, 0.15) is 46.5 Å². The van der Waals surface area contributed by atoms with Crippen LogP contribution in [0.4, 0.5) is 17.1 Å². The van der Waals surface area contributed by atoms with Gasteiger partial charge in [0.15, 0.2) is 0 Å². The van der Waals surface area contributed by atoms with E-state index in [-0.39, 0.29) is 12.1 Å². The second kappa shape index (κ2) is 13.5. The zero-order valence-corrected chi connectivity index (χ0v) is 33.3. The Hall–Kier alpha value is -7.49. The molecule has 1 aliphatic heterocycles. The van der Waals surface area contributed by atoms with Gasteiger partial charge >= 0.3 is 0 Å². The Morgan fingerprint density at radius 2 is 0.967 bits per heavy atom. The van der Waals surface area contributed by atoms with Crippen molar-refractivity contribution in [3.05, 3.63) is 252 Å². The lowest BCUT2D eigenvalue weighted by Crippen LogP contribution is -2.25. The van der Waals surface area contributed by atoms with Crippen molar-refractivity contribution in [1.82, 2.24) is 4.57 Å². The van der Waals surface area contributed by atoms with E-state index >= 15 is 0 Å². The summed E-state index contributed by atoms with van der Waals surface area (Å²) in [5, 5.41) is 1.24. The van der Waals surface area contributed by atoms with Crippen LogP contribution < -0.4 is 4.90 Å². The molecule has 0 fully saturated rings. The SMILES string of the molecule is CC1C(c2ccccc2)=CC(c2ccccc2)=NC1n1c2c(c3cc(N(c4ccccc4)c4ccccc4)ccc31)C1(c3ccccc3-c3ccccc31)c1ccccc1-2. The third-order valence-electron chi connectivity index (χ3n) is 13.1. The summed E-state index contributed by atoms with van der Waals surface area (Å²) in [6, 6.07) is 77.6. The number of allylic oxidation sites excluding steroid dienone is 1. The van der Waals surface area contributed by atoms with Crippen LogP contribution in [-0.4, -0.2) is 10.3 Å². The van der Waals surface area contributed by atoms with E-state index in [0.29, 0.717) is 0 Å². The van der Waals surface area contributed by atoms with Crippen molar-refractivity contribution in [1.29, 1.82) is 0 Å². The first-order chi connectivity index (χ1) is 29.7. The second-order valence-corrected chi connectivity index (χ2v) is 16.2. The number of hydrogen-bond acceptors (Lipinski definition) is 2. The van der Waals surface area contributed by atoms with E-state index in [2.05, 4.69) is 235 Å². The largest absolute Gasteiger partial charge is 0.317 e. The summed E-state index contributed by atoms with van der Waals surface area (Å²) in [7, 11) is 0. The Kier molecular flexibility index (Phi) is 7.80. The summed E-state index contributed by atoms with van der Waals surface area (Å²) in [6.45, 7) is 2.37. The van der Waals surface area contributed by atoms with E-state index in [0.717, 1.165) is 28.3 Å². The lowest BCUT2D eigenvalue weighted by molar-refractivity contribution is 0.447. The average Bonchev–Trinajstić information content (AvgIpc) is 3.92. The molecule has 0 radical (unpaired) electrons. The molecule has 3 aliphatic rings. The van der Waals surface area contributed by atoms with Crippen LogP contribution in [0, 0.1) is 5.92 Å². The van der Waals surface area contributed by atoms with E-state index < -0.39 is 5.41 Å². The van der Waals surface area contributed by atoms with Crippen molar-refractivity contribution in [2.24, 2.45) is 10.9 Å². The van der Waals surface area contributed by atoms with Crippen molar-refractivity contribution in [2.45, 2.75) is 18.5 Å². The molecule has 0 bridgehead atoms. The fourth-order valence-corrected chi connectivity index (χ4v) is 10.7. The van der Waals surface area contributed by atoms with Crippen molar-refractivity contribution in [3.8, 4) is 22.4 Å². The molecular weight excluding hydrogens is 727 g/mol. The molecule has 12 rings (SSSR count). The number of aliphatic imine (C=N–C) groups is 1. The highest BCUT2D eigenvalue weighted by atomic mass is 15.2. The number of para-hydroxylation sites is 2. The topological polar surface area (TPSA) is 20.5 Å². The van der Waals surface area contributed by atoms with Crippen molar-refractivity contribution < 1.29 is 0 Å². The van der Waals surface area contributed by atoms with Gasteiger partial charge in [-0.25, -0.2) is 0 Å². The zero-order chi connectivity index (χ0) is 39.8. The van der Waals surface area contributed by atoms with E-state index in [1.807, 2.05) is 0 Å². The zero-order valence-electron chi connectivity index (χ0n) is 33.3. The minimum Gasteiger partial charge on any atom is -0.317 e. The standard InChI is InChI=1S/C57H41N3/c1-38-47(39-20-6-2-7-21-39)37-52(40-22-8-3-9-23-40)58-56(38)60-53-35-34-43(59(41-24-10-4-11-25-41)42-26-12-5-13-27-42)36-48(53)54-55(60)46-30-16-19-33-51(46)57(54)49-31-17-14-28-44(49)45-29-15-18-32-50(45)57/h2-38,56H,1H3. The van der Waals surface area contributed by atoms with Gasteiger partial charge < -0.3 is 9.47 Å². The predicted molar refractivity (Wildman–Crippen MR) is 249 cm³/mol. The van der Waals surface area contributed by atoms with Gasteiger partial charge in [0, 0.05) is 39.5 Å². The number of anilines is 3. The smallest absolute Gasteiger partial charge is 0.132 e. The molecule has 2 atom stereocenters. The van der Waals surface area contributed by atoms with Crippen molar-refractivity contribution in [3.63, 3.8) is 0 Å². The summed E-state index contributed by atoms with van der Waals surface area (Å²) in [4.78, 5) is 8.19. The molecular formula is C57H41N3. The van der Waals surface area contributed by atoms with Gasteiger partial charge in [-0.1, -0.05) is 177 Å². The lowest BCUT2D eigenvalue weighted by atomic mass is 9.70. The molecule has 1 aromatic heterocycles. The highest BCUT2D eigenvalue weighted by molar-refractivity contribution is 6.14. The molecule has 9 aromatic rings. The molecule has 0 saturated heterocycles. The number of dihydropyridines is 1. The minimum atomic E-state index is -0.534. The summed E-state index contributed by atoms with van der Waals surface area (Å²) < 4.78 is 2.62. The Morgan fingerprint density at radius 1 is 0.483 bits per heavy atom. The van der Waals surface area contributed by atoms with Crippen molar-refractivity contribution >= 4 is 39.2 Å². The number of fused-ring (bicyclic) bond motifs is 12. The molecule has 2 unspecified atom stereocenters. The first-order valence-electron chi connectivity index (χ1n) is 21.0. The maximum atomic E-state index is 5.80. The molecule has 1 spiro atoms. The first kappa shape index (κ1) is 34.5. The first-order valence-corrected chi connectivity index (χ1v) is 21.0. The second-order valence-electron chi connectivity index (χ2n) is 16.2. The van der Waals surface area contributed by atoms with Crippen LogP contribution in [0.15, 0.2) is 223 Å². The maximum Gasteiger partial charge on any atom is 0.132 e. The fraction of sp³-hybridized carbons (Fsp3) is 0.0702. The van der Waals surface area contributed by atoms with Gasteiger partial charge in [0.2, 0.25) is 0 Å². The normalized spacial score (nSPS) is 16.8. The molecule has 0 amide bonds. The van der Waals surface area contributed by atoms with E-state index in [1.165, 1.54) is 66.7 Å². The van der Waals surface area contributed by atoms with Crippen LogP contribution in [0.5, 0.6) is 0 Å². The Balaban J connectivity index is 1.21. The quantitative estimate of drug-likeness (QED) is 0.165. The third kappa shape index (κ3) is 4.93. The number of nitrogens with zero attached hydrogens (tertiary/aromatic N) is 3. The summed E-state index contributed by atoms with van der Waals surface area (Å²) >= 11 is 0. The van der Waals surface area contributed by atoms with Gasteiger partial charge in [-0.3, -0.25) is 4.99 Å². The van der Waals surface area contributed by atoms with E-state index in [4.69, 9.17) is 4.99 Å². The van der Waals surface area contributed by atoms with Crippen molar-refractivity contribution in [2.75, 3.05) is 4.90 Å². The minimum absolute atomic E-state index is 0.0660. The Morgan fingerprint density at radius 3 is 1.55 bits per heavy atom. The summed E-state index contributed by atoms with van der Waals surface area (Å²) in [5.41, 5.74) is 19.1. The summed E-state index contributed by atoms with van der Waals surface area (Å²) in [5.74, 6) is 0.0660. The van der Waals surface area contributed by atoms with Gasteiger partial charge in [-0.15, -0.1) is 0 Å². The van der Waals surface area contributed by atoms with Gasteiger partial charge in [-0.05, 0) is 93.1 Å². The predicted octanol–water partition coefficient (Wildman–Crippen LogP) is 14.2. The number of aromatic nitrogens is 1. The Bertz CT molecular complexity index is 3070. The maximum absolute atomic E-state index is 5.80. The van der Waals surface area contributed by atoms with Gasteiger partial charge in [0.1, 0.15) is 6.17 Å². The molecule has 2 aliphatic carbocycles. The molecule has 284 valence electrons. The van der Waals surface area contributed by atoms with Crippen LogP contribution in [0.25, 0.3) is 38.9 Å². The molecule has 3 heteroatoms. The Labute approximate surface area is 350 Å². The third-order valence-corrected chi connectivity index (χ3v) is 13.1. The number of benzene rings is 8. The van der Waals surface area contributed by atoms with Crippen LogP contribution in [0.2, 0.25) is 0 Å². The number of hydrogen-bond donors (Lipinski definition) is 0. The fourth-order valence-electron chi connectivity index (χ4n) is 10.7. The molecule has 2 heterocycles. The monoisotopic (exact) mass is 767 g/mol. The molecule has 0 N–H and O–H groups in total. The number of rotatable bonds is 6. The average molecular weight is 768 g/mol. The van der Waals surface area contributed by atoms with Crippen LogP contribution >= 0.6 is 0 Å². The molecule has 8 aromatic carbocycles. The summed E-state index contributed by atoms with van der Waals surface area (Å²) in [6.07, 6.45) is 2.10. The highest BCUT2D eigenvalue weighted by Crippen LogP contribution is 2.65. The lowest BCUT2D eigenvalue weighted by Gasteiger charge is -2.32. The molecule has 0 saturated carbocycles. The van der Waals surface area contributed by atoms with Crippen LogP contribution in [0.3, 0.4) is 0 Å². The molecule has 60 heavy (non-hydrogen) atoms. The van der Waals surface area contributed by atoms with E-state index in [9.17, 15) is 0 Å². The van der Waals surface area contributed by atoms with E-state index in [1.54, 1.807) is 0 Å². The highest BCUT2D eigenvalue weighted by Gasteiger charge is 2.54.